The molecular weight excluding hydrogens is 217 g/mol. The Hall–Kier alpha value is -0.800. The Kier molecular flexibility index (Phi) is 6.29. The lowest BCUT2D eigenvalue weighted by atomic mass is 10.0. The summed E-state index contributed by atoms with van der Waals surface area (Å²) in [5.41, 5.74) is 6.82. The van der Waals surface area contributed by atoms with E-state index in [0.717, 1.165) is 18.4 Å². The first-order chi connectivity index (χ1) is 6.69. The molecule has 0 unspecified atom stereocenters. The molecule has 1 aromatic carbocycles. The smallest absolute Gasteiger partial charge is 0.165 e. The lowest BCUT2D eigenvalue weighted by Gasteiger charge is -2.12. The van der Waals surface area contributed by atoms with Gasteiger partial charge in [-0.15, -0.1) is 12.4 Å². The number of hydrogen-bond acceptors (Lipinski definition) is 2. The van der Waals surface area contributed by atoms with Crippen LogP contribution in [0.25, 0.3) is 0 Å². The van der Waals surface area contributed by atoms with Crippen LogP contribution in [0.4, 0.5) is 4.39 Å². The van der Waals surface area contributed by atoms with Gasteiger partial charge >= 0.3 is 0 Å². The van der Waals surface area contributed by atoms with Crippen LogP contribution in [0, 0.1) is 5.82 Å². The highest BCUT2D eigenvalue weighted by molar-refractivity contribution is 5.85. The van der Waals surface area contributed by atoms with E-state index < -0.39 is 0 Å². The maximum atomic E-state index is 13.1. The number of methoxy groups -OCH3 is 1. The number of benzene rings is 1. The summed E-state index contributed by atoms with van der Waals surface area (Å²) in [6.45, 7) is 2.07. The molecule has 1 atom stereocenters. The van der Waals surface area contributed by atoms with E-state index in [1.807, 2.05) is 0 Å². The Morgan fingerprint density at radius 2 is 2.13 bits per heavy atom. The molecule has 1 aromatic rings. The van der Waals surface area contributed by atoms with Gasteiger partial charge in [0.15, 0.2) is 11.6 Å². The van der Waals surface area contributed by atoms with Crippen LogP contribution in [0.3, 0.4) is 0 Å². The van der Waals surface area contributed by atoms with Crippen LogP contribution in [0.1, 0.15) is 31.4 Å². The predicted molar refractivity (Wildman–Crippen MR) is 62.0 cm³/mol. The van der Waals surface area contributed by atoms with E-state index >= 15 is 0 Å². The van der Waals surface area contributed by atoms with Crippen LogP contribution in [0.15, 0.2) is 18.2 Å². The first-order valence-corrected chi connectivity index (χ1v) is 4.78. The zero-order valence-corrected chi connectivity index (χ0v) is 9.81. The molecule has 15 heavy (non-hydrogen) atoms. The number of rotatable bonds is 4. The van der Waals surface area contributed by atoms with E-state index in [-0.39, 0.29) is 30.0 Å². The van der Waals surface area contributed by atoms with Crippen LogP contribution < -0.4 is 10.5 Å². The van der Waals surface area contributed by atoms with Gasteiger partial charge in [-0.25, -0.2) is 4.39 Å². The molecule has 0 aliphatic rings. The molecule has 0 heterocycles. The Morgan fingerprint density at radius 1 is 1.47 bits per heavy atom. The number of nitrogens with two attached hydrogens (primary N) is 1. The van der Waals surface area contributed by atoms with Crippen LogP contribution in [0.5, 0.6) is 5.75 Å². The van der Waals surface area contributed by atoms with Gasteiger partial charge in [0.05, 0.1) is 7.11 Å². The molecule has 2 nitrogen and oxygen atoms in total. The molecule has 2 N–H and O–H groups in total. The average Bonchev–Trinajstić information content (AvgIpc) is 2.19. The molecule has 0 amide bonds. The summed E-state index contributed by atoms with van der Waals surface area (Å²) in [5.74, 6) is -0.0889. The Bertz CT molecular complexity index is 307. The third kappa shape index (κ3) is 3.68. The summed E-state index contributed by atoms with van der Waals surface area (Å²) in [7, 11) is 1.45. The largest absolute Gasteiger partial charge is 0.494 e. The molecule has 0 spiro atoms. The van der Waals surface area contributed by atoms with E-state index in [0.29, 0.717) is 0 Å². The first-order valence-electron chi connectivity index (χ1n) is 4.78. The van der Waals surface area contributed by atoms with Crippen molar-refractivity contribution in [2.75, 3.05) is 7.11 Å². The van der Waals surface area contributed by atoms with Gasteiger partial charge in [-0.1, -0.05) is 19.4 Å². The van der Waals surface area contributed by atoms with Crippen molar-refractivity contribution in [2.24, 2.45) is 5.73 Å². The van der Waals surface area contributed by atoms with Crippen LogP contribution in [0.2, 0.25) is 0 Å². The fourth-order valence-corrected chi connectivity index (χ4v) is 1.38. The van der Waals surface area contributed by atoms with Gasteiger partial charge in [-0.2, -0.15) is 0 Å². The number of halogens is 2. The van der Waals surface area contributed by atoms with E-state index in [9.17, 15) is 4.39 Å². The standard InChI is InChI=1S/C11H16FNO.ClH/c1-3-4-10(13)8-5-6-9(12)11(7-8)14-2;/h5-7,10H,3-4,13H2,1-2H3;1H/t10-;/m1./s1. The molecule has 4 heteroatoms. The zero-order valence-electron chi connectivity index (χ0n) is 9.00. The van der Waals surface area contributed by atoms with E-state index in [1.165, 1.54) is 13.2 Å². The SMILES string of the molecule is CCC[C@@H](N)c1ccc(F)c(OC)c1.Cl. The topological polar surface area (TPSA) is 35.2 Å². The molecule has 0 aliphatic carbocycles. The monoisotopic (exact) mass is 233 g/mol. The summed E-state index contributed by atoms with van der Waals surface area (Å²) < 4.78 is 17.9. The van der Waals surface area contributed by atoms with E-state index in [2.05, 4.69) is 6.92 Å². The first kappa shape index (κ1) is 14.2. The van der Waals surface area contributed by atoms with Crippen LogP contribution in [-0.2, 0) is 0 Å². The lowest BCUT2D eigenvalue weighted by molar-refractivity contribution is 0.385. The quantitative estimate of drug-likeness (QED) is 0.868. The second-order valence-electron chi connectivity index (χ2n) is 3.29. The summed E-state index contributed by atoms with van der Waals surface area (Å²) in [6, 6.07) is 4.73. The Balaban J connectivity index is 0.00000196. The summed E-state index contributed by atoms with van der Waals surface area (Å²) >= 11 is 0. The molecular formula is C11H17ClFNO. The molecule has 0 aromatic heterocycles. The van der Waals surface area contributed by atoms with Crippen molar-refractivity contribution in [3.63, 3.8) is 0 Å². The summed E-state index contributed by atoms with van der Waals surface area (Å²) in [4.78, 5) is 0. The van der Waals surface area contributed by atoms with Crippen molar-refractivity contribution < 1.29 is 9.13 Å². The van der Waals surface area contributed by atoms with Gasteiger partial charge in [0.2, 0.25) is 0 Å². The Morgan fingerprint density at radius 3 is 2.67 bits per heavy atom. The minimum absolute atomic E-state index is 0. The minimum Gasteiger partial charge on any atom is -0.494 e. The van der Waals surface area contributed by atoms with Crippen molar-refractivity contribution in [3.05, 3.63) is 29.6 Å². The van der Waals surface area contributed by atoms with Gasteiger partial charge in [-0.05, 0) is 24.1 Å². The third-order valence-corrected chi connectivity index (χ3v) is 2.20. The van der Waals surface area contributed by atoms with E-state index in [1.54, 1.807) is 12.1 Å². The molecule has 0 fully saturated rings. The van der Waals surface area contributed by atoms with Gasteiger partial charge in [-0.3, -0.25) is 0 Å². The predicted octanol–water partition coefficient (Wildman–Crippen LogP) is 3.06. The van der Waals surface area contributed by atoms with Gasteiger partial charge in [0.1, 0.15) is 0 Å². The molecule has 86 valence electrons. The zero-order chi connectivity index (χ0) is 10.6. The summed E-state index contributed by atoms with van der Waals surface area (Å²) in [6.07, 6.45) is 1.91. The van der Waals surface area contributed by atoms with Crippen molar-refractivity contribution >= 4 is 12.4 Å². The lowest BCUT2D eigenvalue weighted by Crippen LogP contribution is -2.09. The van der Waals surface area contributed by atoms with Crippen molar-refractivity contribution in [3.8, 4) is 5.75 Å². The minimum atomic E-state index is -0.347. The molecule has 0 aliphatic heterocycles. The molecule has 0 radical (unpaired) electrons. The highest BCUT2D eigenvalue weighted by atomic mass is 35.5. The second-order valence-corrected chi connectivity index (χ2v) is 3.29. The highest BCUT2D eigenvalue weighted by Gasteiger charge is 2.08. The van der Waals surface area contributed by atoms with Gasteiger partial charge in [0.25, 0.3) is 0 Å². The number of ether oxygens (including phenoxy) is 1. The van der Waals surface area contributed by atoms with Gasteiger partial charge < -0.3 is 10.5 Å². The van der Waals surface area contributed by atoms with Crippen LogP contribution >= 0.6 is 12.4 Å². The fourth-order valence-electron chi connectivity index (χ4n) is 1.38. The molecule has 0 saturated heterocycles. The molecule has 0 saturated carbocycles. The Labute approximate surface area is 96.0 Å². The maximum absolute atomic E-state index is 13.1. The van der Waals surface area contributed by atoms with Gasteiger partial charge in [0, 0.05) is 6.04 Å². The van der Waals surface area contributed by atoms with E-state index in [4.69, 9.17) is 10.5 Å². The number of hydrogen-bond donors (Lipinski definition) is 1. The third-order valence-electron chi connectivity index (χ3n) is 2.20. The fraction of sp³-hybridized carbons (Fsp3) is 0.455. The average molecular weight is 234 g/mol. The van der Waals surface area contributed by atoms with Crippen LogP contribution in [-0.4, -0.2) is 7.11 Å². The highest BCUT2D eigenvalue weighted by Crippen LogP contribution is 2.23. The van der Waals surface area contributed by atoms with Crippen molar-refractivity contribution in [1.29, 1.82) is 0 Å². The molecule has 0 bridgehead atoms. The van der Waals surface area contributed by atoms with Crippen molar-refractivity contribution in [1.82, 2.24) is 0 Å². The molecule has 1 rings (SSSR count). The maximum Gasteiger partial charge on any atom is 0.165 e. The normalized spacial score (nSPS) is 11.7. The second kappa shape index (κ2) is 6.64. The van der Waals surface area contributed by atoms with Crippen molar-refractivity contribution in [2.45, 2.75) is 25.8 Å². The summed E-state index contributed by atoms with van der Waals surface area (Å²) in [5, 5.41) is 0.